The first-order chi connectivity index (χ1) is 14.2. The lowest BCUT2D eigenvalue weighted by atomic mass is 10.0. The van der Waals surface area contributed by atoms with Crippen LogP contribution in [0, 0.1) is 0 Å². The lowest BCUT2D eigenvalue weighted by molar-refractivity contribution is -0.138. The topological polar surface area (TPSA) is 49.6 Å². The Hall–Kier alpha value is -2.41. The highest BCUT2D eigenvalue weighted by Crippen LogP contribution is 2.35. The van der Waals surface area contributed by atoms with Gasteiger partial charge in [0, 0.05) is 37.8 Å². The second-order valence-electron chi connectivity index (χ2n) is 7.52. The number of amides is 1. The van der Waals surface area contributed by atoms with E-state index in [9.17, 15) is 18.0 Å². The molecule has 0 radical (unpaired) electrons. The minimum Gasteiger partial charge on any atom is -0.398 e. The lowest BCUT2D eigenvalue weighted by Crippen LogP contribution is -2.39. The number of likely N-dealkylation sites (tertiary alicyclic amines) is 1. The van der Waals surface area contributed by atoms with Crippen LogP contribution >= 0.6 is 11.6 Å². The van der Waals surface area contributed by atoms with Crippen LogP contribution < -0.4 is 10.6 Å². The molecule has 1 fully saturated rings. The number of anilines is 2. The number of nitrogens with two attached hydrogens (primary N) is 1. The van der Waals surface area contributed by atoms with Crippen molar-refractivity contribution in [3.8, 4) is 0 Å². The zero-order chi connectivity index (χ0) is 21.9. The maximum Gasteiger partial charge on any atom is 0.416 e. The van der Waals surface area contributed by atoms with E-state index >= 15 is 0 Å². The number of nitrogens with zero attached hydrogens (tertiary/aromatic N) is 2. The summed E-state index contributed by atoms with van der Waals surface area (Å²) in [5, 5.41) is 0.346. The van der Waals surface area contributed by atoms with Crippen LogP contribution in [-0.2, 0) is 17.5 Å². The molecular formula is C22H25ClF3N3O. The van der Waals surface area contributed by atoms with E-state index < -0.39 is 11.7 Å². The molecule has 0 spiro atoms. The third-order valence-corrected chi connectivity index (χ3v) is 5.73. The van der Waals surface area contributed by atoms with Gasteiger partial charge in [0.15, 0.2) is 0 Å². The molecule has 2 aromatic carbocycles. The van der Waals surface area contributed by atoms with Crippen molar-refractivity contribution >= 4 is 28.9 Å². The highest BCUT2D eigenvalue weighted by atomic mass is 35.5. The van der Waals surface area contributed by atoms with Crippen molar-refractivity contribution in [3.63, 3.8) is 0 Å². The van der Waals surface area contributed by atoms with Crippen LogP contribution in [0.1, 0.15) is 37.3 Å². The Bertz CT molecular complexity index is 903. The summed E-state index contributed by atoms with van der Waals surface area (Å²) in [6.45, 7) is 3.05. The van der Waals surface area contributed by atoms with Crippen molar-refractivity contribution in [2.45, 2.75) is 44.9 Å². The van der Waals surface area contributed by atoms with Crippen LogP contribution in [0.25, 0.3) is 0 Å². The first kappa shape index (κ1) is 22.3. The Labute approximate surface area is 179 Å². The van der Waals surface area contributed by atoms with Crippen molar-refractivity contribution in [2.24, 2.45) is 0 Å². The predicted octanol–water partition coefficient (Wildman–Crippen LogP) is 5.35. The van der Waals surface area contributed by atoms with E-state index in [4.69, 9.17) is 17.3 Å². The van der Waals surface area contributed by atoms with Gasteiger partial charge in [0.05, 0.1) is 16.3 Å². The average Bonchev–Trinajstić information content (AvgIpc) is 3.18. The molecule has 0 aromatic heterocycles. The van der Waals surface area contributed by atoms with Crippen molar-refractivity contribution < 1.29 is 18.0 Å². The summed E-state index contributed by atoms with van der Waals surface area (Å²) in [6.07, 6.45) is -2.54. The Morgan fingerprint density at radius 1 is 1.27 bits per heavy atom. The zero-order valence-electron chi connectivity index (χ0n) is 16.8. The van der Waals surface area contributed by atoms with E-state index in [2.05, 4.69) is 0 Å². The number of alkyl halides is 3. The second-order valence-corrected chi connectivity index (χ2v) is 7.93. The number of benzene rings is 2. The van der Waals surface area contributed by atoms with Crippen molar-refractivity contribution in [2.75, 3.05) is 23.7 Å². The van der Waals surface area contributed by atoms with E-state index in [0.717, 1.165) is 12.5 Å². The summed E-state index contributed by atoms with van der Waals surface area (Å²) in [7, 11) is 0. The Balaban J connectivity index is 1.94. The predicted molar refractivity (Wildman–Crippen MR) is 113 cm³/mol. The normalized spacial score (nSPS) is 16.7. The Kier molecular flexibility index (Phi) is 6.81. The molecule has 0 bridgehead atoms. The van der Waals surface area contributed by atoms with Crippen LogP contribution in [-0.4, -0.2) is 29.9 Å². The van der Waals surface area contributed by atoms with Gasteiger partial charge in [0.1, 0.15) is 0 Å². The quantitative estimate of drug-likeness (QED) is 0.617. The molecule has 1 aliphatic heterocycles. The SMILES string of the molecule is CCCC(=O)N1CC[C@H](N(Cc2ccccc2C(F)(F)F)c2ccc(N)c(Cl)c2)C1. The van der Waals surface area contributed by atoms with Crippen LogP contribution in [0.2, 0.25) is 5.02 Å². The molecule has 0 unspecified atom stereocenters. The number of carbonyl (C=O) groups is 1. The fourth-order valence-corrected chi connectivity index (χ4v) is 4.01. The summed E-state index contributed by atoms with van der Waals surface area (Å²) < 4.78 is 40.6. The number of hydrogen-bond acceptors (Lipinski definition) is 3. The molecular weight excluding hydrogens is 415 g/mol. The van der Waals surface area contributed by atoms with Gasteiger partial charge in [-0.3, -0.25) is 4.79 Å². The van der Waals surface area contributed by atoms with E-state index in [1.165, 1.54) is 12.1 Å². The maximum absolute atomic E-state index is 13.5. The molecule has 2 N–H and O–H groups in total. The lowest BCUT2D eigenvalue weighted by Gasteiger charge is -2.32. The van der Waals surface area contributed by atoms with Gasteiger partial charge in [0.25, 0.3) is 0 Å². The van der Waals surface area contributed by atoms with Gasteiger partial charge in [-0.1, -0.05) is 36.7 Å². The molecule has 0 aliphatic carbocycles. The summed E-state index contributed by atoms with van der Waals surface area (Å²) >= 11 is 6.20. The molecule has 1 aliphatic rings. The molecule has 1 amide bonds. The summed E-state index contributed by atoms with van der Waals surface area (Å²) in [5.74, 6) is 0.0750. The number of nitrogen functional groups attached to an aromatic ring is 1. The first-order valence-corrected chi connectivity index (χ1v) is 10.3. The molecule has 30 heavy (non-hydrogen) atoms. The Morgan fingerprint density at radius 3 is 2.67 bits per heavy atom. The largest absolute Gasteiger partial charge is 0.416 e. The molecule has 1 saturated heterocycles. The molecule has 2 aromatic rings. The van der Waals surface area contributed by atoms with Crippen molar-refractivity contribution in [1.29, 1.82) is 0 Å². The minimum absolute atomic E-state index is 0.0520. The number of halogens is 4. The zero-order valence-corrected chi connectivity index (χ0v) is 17.5. The van der Waals surface area contributed by atoms with Gasteiger partial charge >= 0.3 is 6.18 Å². The summed E-state index contributed by atoms with van der Waals surface area (Å²) in [4.78, 5) is 16.0. The average molecular weight is 440 g/mol. The van der Waals surface area contributed by atoms with Crippen LogP contribution in [0.5, 0.6) is 0 Å². The van der Waals surface area contributed by atoms with Gasteiger partial charge < -0.3 is 15.5 Å². The minimum atomic E-state index is -4.44. The monoisotopic (exact) mass is 439 g/mol. The summed E-state index contributed by atoms with van der Waals surface area (Å²) in [5.41, 5.74) is 6.42. The number of carbonyl (C=O) groups excluding carboxylic acids is 1. The standard InChI is InChI=1S/C22H25ClF3N3O/c1-2-5-21(30)28-11-10-17(14-28)29(16-8-9-20(27)19(23)12-16)13-15-6-3-4-7-18(15)22(24,25)26/h3-4,6-9,12,17H,2,5,10-11,13-14,27H2,1H3/t17-/m0/s1. The molecule has 4 nitrogen and oxygen atoms in total. The first-order valence-electron chi connectivity index (χ1n) is 9.95. The fraction of sp³-hybridized carbons (Fsp3) is 0.409. The second kappa shape index (κ2) is 9.16. The third-order valence-electron chi connectivity index (χ3n) is 5.40. The summed E-state index contributed by atoms with van der Waals surface area (Å²) in [6, 6.07) is 10.5. The highest BCUT2D eigenvalue weighted by Gasteiger charge is 2.35. The van der Waals surface area contributed by atoms with Crippen LogP contribution in [0.15, 0.2) is 42.5 Å². The van der Waals surface area contributed by atoms with Crippen molar-refractivity contribution in [3.05, 3.63) is 58.6 Å². The maximum atomic E-state index is 13.5. The van der Waals surface area contributed by atoms with Gasteiger partial charge in [-0.15, -0.1) is 0 Å². The highest BCUT2D eigenvalue weighted by molar-refractivity contribution is 6.33. The molecule has 3 rings (SSSR count). The Morgan fingerprint density at radius 2 is 2.00 bits per heavy atom. The molecule has 1 atom stereocenters. The van der Waals surface area contributed by atoms with E-state index in [-0.39, 0.29) is 24.1 Å². The smallest absolute Gasteiger partial charge is 0.398 e. The molecule has 0 saturated carbocycles. The van der Waals surface area contributed by atoms with Gasteiger partial charge in [-0.2, -0.15) is 13.2 Å². The van der Waals surface area contributed by atoms with Crippen molar-refractivity contribution in [1.82, 2.24) is 4.90 Å². The van der Waals surface area contributed by atoms with E-state index in [1.807, 2.05) is 11.8 Å². The number of rotatable bonds is 6. The van der Waals surface area contributed by atoms with Gasteiger partial charge in [-0.05, 0) is 42.7 Å². The molecule has 8 heteroatoms. The van der Waals surface area contributed by atoms with E-state index in [1.54, 1.807) is 29.2 Å². The van der Waals surface area contributed by atoms with E-state index in [0.29, 0.717) is 42.3 Å². The molecule has 162 valence electrons. The van der Waals surface area contributed by atoms with Gasteiger partial charge in [0.2, 0.25) is 5.91 Å². The third kappa shape index (κ3) is 5.01. The van der Waals surface area contributed by atoms with Crippen LogP contribution in [0.3, 0.4) is 0 Å². The van der Waals surface area contributed by atoms with Gasteiger partial charge in [-0.25, -0.2) is 0 Å². The van der Waals surface area contributed by atoms with Crippen LogP contribution in [0.4, 0.5) is 24.5 Å². The number of hydrogen-bond donors (Lipinski definition) is 1. The molecule has 1 heterocycles. The fourth-order valence-electron chi connectivity index (χ4n) is 3.84.